The summed E-state index contributed by atoms with van der Waals surface area (Å²) in [4.78, 5) is 18.2. The van der Waals surface area contributed by atoms with Crippen LogP contribution in [0.3, 0.4) is 0 Å². The number of ether oxygens (including phenoxy) is 2. The molecular weight excluding hydrogens is 464 g/mol. The monoisotopic (exact) mass is 493 g/mol. The second-order valence-electron chi connectivity index (χ2n) is 6.52. The van der Waals surface area contributed by atoms with Gasteiger partial charge in [0.15, 0.2) is 17.5 Å². The van der Waals surface area contributed by atoms with Gasteiger partial charge in [-0.3, -0.25) is 9.79 Å². The Morgan fingerprint density at radius 2 is 2.11 bits per heavy atom. The molecule has 0 saturated carbocycles. The third kappa shape index (κ3) is 6.22. The first-order valence-corrected chi connectivity index (χ1v) is 8.94. The second-order valence-corrected chi connectivity index (χ2v) is 6.52. The molecule has 27 heavy (non-hydrogen) atoms. The quantitative estimate of drug-likeness (QED) is 0.286. The zero-order valence-electron chi connectivity index (χ0n) is 16.3. The first kappa shape index (κ1) is 23.5. The number of methoxy groups -OCH3 is 1. The van der Waals surface area contributed by atoms with Gasteiger partial charge in [0.25, 0.3) is 0 Å². The number of carbonyl (C=O) groups is 1. The lowest BCUT2D eigenvalue weighted by Crippen LogP contribution is -2.44. The Hall–Kier alpha value is -1.58. The lowest BCUT2D eigenvalue weighted by Gasteiger charge is -2.24. The molecule has 8 heteroatoms. The van der Waals surface area contributed by atoms with E-state index in [9.17, 15) is 9.18 Å². The molecule has 1 aliphatic heterocycles. The number of hydrogen-bond acceptors (Lipinski definition) is 4. The molecule has 0 aromatic heterocycles. The van der Waals surface area contributed by atoms with E-state index in [1.807, 2.05) is 18.7 Å². The minimum Gasteiger partial charge on any atom is -0.486 e. The highest BCUT2D eigenvalue weighted by molar-refractivity contribution is 14.0. The van der Waals surface area contributed by atoms with Gasteiger partial charge in [-0.25, -0.2) is 4.39 Å². The van der Waals surface area contributed by atoms with Gasteiger partial charge in [0.1, 0.15) is 6.10 Å². The standard InChI is InChI=1S/C19H28FN3O3.HI/c1-5-14(26-17-9-7-6-8-16(17)20)10-22-19(21-3)23-11-13(2)15(12-23)18(24)25-4;/h6-9,13-15H,5,10-12H2,1-4H3,(H,21,22);1H. The topological polar surface area (TPSA) is 63.2 Å². The van der Waals surface area contributed by atoms with Gasteiger partial charge in [-0.1, -0.05) is 26.0 Å². The molecule has 1 fully saturated rings. The normalized spacial score (nSPS) is 20.6. The summed E-state index contributed by atoms with van der Waals surface area (Å²) < 4.78 is 24.4. The lowest BCUT2D eigenvalue weighted by atomic mass is 9.99. The maximum atomic E-state index is 13.8. The SMILES string of the molecule is CCC(CNC(=NC)N1CC(C)C(C(=O)OC)C1)Oc1ccccc1F.I. The number of esters is 1. The Morgan fingerprint density at radius 1 is 1.41 bits per heavy atom. The summed E-state index contributed by atoms with van der Waals surface area (Å²) in [5.41, 5.74) is 0. The fourth-order valence-electron chi connectivity index (χ4n) is 3.12. The van der Waals surface area contributed by atoms with Gasteiger partial charge in [-0.15, -0.1) is 24.0 Å². The average Bonchev–Trinajstić information content (AvgIpc) is 3.03. The molecule has 1 heterocycles. The number of hydrogen-bond donors (Lipinski definition) is 1. The van der Waals surface area contributed by atoms with Crippen LogP contribution in [0.2, 0.25) is 0 Å². The number of guanidine groups is 1. The number of benzene rings is 1. The summed E-state index contributed by atoms with van der Waals surface area (Å²) in [6.07, 6.45) is 0.527. The van der Waals surface area contributed by atoms with Crippen LogP contribution < -0.4 is 10.1 Å². The molecule has 0 bridgehead atoms. The van der Waals surface area contributed by atoms with E-state index in [-0.39, 0.29) is 59.5 Å². The van der Waals surface area contributed by atoms with Crippen LogP contribution in [0, 0.1) is 17.7 Å². The summed E-state index contributed by atoms with van der Waals surface area (Å²) in [6.45, 7) is 5.81. The predicted octanol–water partition coefficient (Wildman–Crippen LogP) is 2.92. The highest BCUT2D eigenvalue weighted by atomic mass is 127. The van der Waals surface area contributed by atoms with Gasteiger partial charge in [-0.2, -0.15) is 0 Å². The van der Waals surface area contributed by atoms with Crippen molar-refractivity contribution < 1.29 is 18.7 Å². The van der Waals surface area contributed by atoms with Gasteiger partial charge in [0, 0.05) is 20.1 Å². The molecular formula is C19H29FIN3O3. The first-order valence-electron chi connectivity index (χ1n) is 8.94. The number of carbonyl (C=O) groups excluding carboxylic acids is 1. The van der Waals surface area contributed by atoms with E-state index in [1.165, 1.54) is 13.2 Å². The molecule has 152 valence electrons. The van der Waals surface area contributed by atoms with Crippen molar-refractivity contribution in [1.29, 1.82) is 0 Å². The van der Waals surface area contributed by atoms with E-state index in [0.717, 1.165) is 13.0 Å². The predicted molar refractivity (Wildman–Crippen MR) is 114 cm³/mol. The zero-order chi connectivity index (χ0) is 19.1. The van der Waals surface area contributed by atoms with E-state index < -0.39 is 0 Å². The van der Waals surface area contributed by atoms with Crippen molar-refractivity contribution in [2.24, 2.45) is 16.8 Å². The number of rotatable bonds is 6. The smallest absolute Gasteiger partial charge is 0.310 e. The van der Waals surface area contributed by atoms with E-state index in [0.29, 0.717) is 19.0 Å². The van der Waals surface area contributed by atoms with Crippen LogP contribution in [0.15, 0.2) is 29.3 Å². The van der Waals surface area contributed by atoms with Crippen LogP contribution in [0.25, 0.3) is 0 Å². The number of para-hydroxylation sites is 1. The Labute approximate surface area is 177 Å². The Kier molecular flexibility index (Phi) is 9.82. The number of halogens is 2. The van der Waals surface area contributed by atoms with Crippen LogP contribution in [0.1, 0.15) is 20.3 Å². The number of nitrogens with zero attached hydrogens (tertiary/aromatic N) is 2. The molecule has 6 nitrogen and oxygen atoms in total. The molecule has 3 unspecified atom stereocenters. The average molecular weight is 493 g/mol. The Bertz CT molecular complexity index is 644. The van der Waals surface area contributed by atoms with Crippen molar-refractivity contribution in [2.45, 2.75) is 26.4 Å². The largest absolute Gasteiger partial charge is 0.486 e. The molecule has 3 atom stereocenters. The van der Waals surface area contributed by atoms with Crippen molar-refractivity contribution >= 4 is 35.9 Å². The molecule has 0 aliphatic carbocycles. The van der Waals surface area contributed by atoms with Crippen LogP contribution >= 0.6 is 24.0 Å². The maximum absolute atomic E-state index is 13.8. The Balaban J connectivity index is 0.00000364. The zero-order valence-corrected chi connectivity index (χ0v) is 18.6. The summed E-state index contributed by atoms with van der Waals surface area (Å²) in [5.74, 6) is 0.428. The third-order valence-corrected chi connectivity index (χ3v) is 4.70. The minimum absolute atomic E-state index is 0. The van der Waals surface area contributed by atoms with E-state index in [1.54, 1.807) is 25.2 Å². The molecule has 0 amide bonds. The van der Waals surface area contributed by atoms with E-state index >= 15 is 0 Å². The van der Waals surface area contributed by atoms with Gasteiger partial charge in [-0.05, 0) is 24.5 Å². The molecule has 2 rings (SSSR count). The summed E-state index contributed by atoms with van der Waals surface area (Å²) in [7, 11) is 3.12. The molecule has 1 saturated heterocycles. The van der Waals surface area contributed by atoms with Gasteiger partial charge in [0.2, 0.25) is 0 Å². The summed E-state index contributed by atoms with van der Waals surface area (Å²) in [5, 5.41) is 3.28. The summed E-state index contributed by atoms with van der Waals surface area (Å²) in [6, 6.07) is 6.38. The summed E-state index contributed by atoms with van der Waals surface area (Å²) >= 11 is 0. The molecule has 1 aromatic rings. The molecule has 0 spiro atoms. The second kappa shape index (κ2) is 11.3. The first-order chi connectivity index (χ1) is 12.5. The van der Waals surface area contributed by atoms with Crippen molar-refractivity contribution in [3.05, 3.63) is 30.1 Å². The van der Waals surface area contributed by atoms with Gasteiger partial charge < -0.3 is 19.7 Å². The van der Waals surface area contributed by atoms with Crippen molar-refractivity contribution in [3.8, 4) is 5.75 Å². The van der Waals surface area contributed by atoms with Crippen LogP contribution in [-0.2, 0) is 9.53 Å². The minimum atomic E-state index is -0.371. The Morgan fingerprint density at radius 3 is 2.70 bits per heavy atom. The molecule has 0 radical (unpaired) electrons. The van der Waals surface area contributed by atoms with Gasteiger partial charge >= 0.3 is 5.97 Å². The van der Waals surface area contributed by atoms with Crippen LogP contribution in [0.4, 0.5) is 4.39 Å². The molecule has 1 aliphatic rings. The number of aliphatic imine (C=N–C) groups is 1. The van der Waals surface area contributed by atoms with E-state index in [4.69, 9.17) is 9.47 Å². The van der Waals surface area contributed by atoms with Crippen LogP contribution in [-0.4, -0.2) is 56.7 Å². The lowest BCUT2D eigenvalue weighted by molar-refractivity contribution is -0.145. The third-order valence-electron chi connectivity index (χ3n) is 4.70. The number of nitrogens with one attached hydrogen (secondary N) is 1. The van der Waals surface area contributed by atoms with E-state index in [2.05, 4.69) is 10.3 Å². The van der Waals surface area contributed by atoms with Crippen molar-refractivity contribution in [2.75, 3.05) is 33.8 Å². The molecule has 1 N–H and O–H groups in total. The number of likely N-dealkylation sites (tertiary alicyclic amines) is 1. The molecule has 1 aromatic carbocycles. The van der Waals surface area contributed by atoms with Crippen molar-refractivity contribution in [1.82, 2.24) is 10.2 Å². The highest BCUT2D eigenvalue weighted by Crippen LogP contribution is 2.24. The van der Waals surface area contributed by atoms with Gasteiger partial charge in [0.05, 0.1) is 19.6 Å². The highest BCUT2D eigenvalue weighted by Gasteiger charge is 2.36. The maximum Gasteiger partial charge on any atom is 0.310 e. The van der Waals surface area contributed by atoms with Crippen LogP contribution in [0.5, 0.6) is 5.75 Å². The fraction of sp³-hybridized carbons (Fsp3) is 0.579. The fourth-order valence-corrected chi connectivity index (χ4v) is 3.12. The van der Waals surface area contributed by atoms with Crippen molar-refractivity contribution in [3.63, 3.8) is 0 Å².